The fraction of sp³-hybridized carbons (Fsp3) is 0.615. The molecule has 0 aromatic carbocycles. The molecule has 0 aromatic heterocycles. The van der Waals surface area contributed by atoms with Gasteiger partial charge in [-0.15, -0.1) is 11.8 Å². The number of carboxylic acids is 1. The number of nitrogens with one attached hydrogen (secondary N) is 1. The van der Waals surface area contributed by atoms with Crippen LogP contribution < -0.4 is 5.32 Å². The highest BCUT2D eigenvalue weighted by Crippen LogP contribution is 2.39. The molecule has 116 valence electrons. The molecule has 1 unspecified atom stereocenters. The van der Waals surface area contributed by atoms with Gasteiger partial charge in [0.1, 0.15) is 11.4 Å². The van der Waals surface area contributed by atoms with Crippen LogP contribution in [0.4, 0.5) is 4.79 Å². The minimum atomic E-state index is -1.09. The lowest BCUT2D eigenvalue weighted by atomic mass is 9.99. The Morgan fingerprint density at radius 1 is 1.57 bits per heavy atom. The first-order chi connectivity index (χ1) is 9.97. The molecular weight excluding hydrogens is 296 g/mol. The van der Waals surface area contributed by atoms with Crippen molar-refractivity contribution < 1.29 is 24.2 Å². The number of fused-ring (bicyclic) bond motifs is 1. The summed E-state index contributed by atoms with van der Waals surface area (Å²) in [6, 6.07) is -1.73. The second-order valence-corrected chi connectivity index (χ2v) is 6.06. The van der Waals surface area contributed by atoms with E-state index in [1.165, 1.54) is 16.7 Å². The van der Waals surface area contributed by atoms with Gasteiger partial charge in [-0.1, -0.05) is 19.9 Å². The van der Waals surface area contributed by atoms with Gasteiger partial charge in [-0.3, -0.25) is 4.79 Å². The van der Waals surface area contributed by atoms with Gasteiger partial charge in [-0.25, -0.2) is 9.59 Å². The number of rotatable bonds is 5. The van der Waals surface area contributed by atoms with Gasteiger partial charge in [0, 0.05) is 5.75 Å². The zero-order chi connectivity index (χ0) is 15.6. The third-order valence-corrected chi connectivity index (χ3v) is 4.80. The summed E-state index contributed by atoms with van der Waals surface area (Å²) >= 11 is 1.40. The van der Waals surface area contributed by atoms with E-state index >= 15 is 0 Å². The van der Waals surface area contributed by atoms with Crippen LogP contribution in [0.1, 0.15) is 19.8 Å². The summed E-state index contributed by atoms with van der Waals surface area (Å²) in [5.41, 5.74) is 0.487. The van der Waals surface area contributed by atoms with Crippen molar-refractivity contribution in [2.75, 3.05) is 12.4 Å². The van der Waals surface area contributed by atoms with Crippen molar-refractivity contribution in [1.29, 1.82) is 0 Å². The summed E-state index contributed by atoms with van der Waals surface area (Å²) in [6.07, 6.45) is 1.03. The zero-order valence-corrected chi connectivity index (χ0v) is 12.5. The van der Waals surface area contributed by atoms with Crippen LogP contribution in [-0.4, -0.2) is 57.8 Å². The van der Waals surface area contributed by atoms with E-state index in [2.05, 4.69) is 11.9 Å². The summed E-state index contributed by atoms with van der Waals surface area (Å²) in [6.45, 7) is 5.98. The molecule has 2 heterocycles. The topological polar surface area (TPSA) is 95.9 Å². The molecule has 2 fully saturated rings. The third-order valence-electron chi connectivity index (χ3n) is 3.42. The number of carboxylic acid groups (broad SMARTS) is 1. The Kier molecular flexibility index (Phi) is 4.76. The maximum atomic E-state index is 12.1. The maximum absolute atomic E-state index is 12.1. The Bertz CT molecular complexity index is 481. The number of ether oxygens (including phenoxy) is 1. The molecule has 2 amide bonds. The van der Waals surface area contributed by atoms with Crippen LogP contribution >= 0.6 is 11.8 Å². The number of thioether (sulfide) groups is 1. The number of carbonyl (C=O) groups excluding carboxylic acids is 2. The Hall–Kier alpha value is -1.70. The smallest absolute Gasteiger partial charge is 0.407 e. The van der Waals surface area contributed by atoms with Crippen molar-refractivity contribution in [3.8, 4) is 0 Å². The fourth-order valence-electron chi connectivity index (χ4n) is 2.31. The Balaban J connectivity index is 1.94. The van der Waals surface area contributed by atoms with Gasteiger partial charge in [-0.2, -0.15) is 0 Å². The standard InChI is InChI=1S/C13H18N2O5S/c1-3-4-5-20-13(19)14-8-10(16)15-9(12(17)18)7(2)6-21-11(8)15/h8-9,11H,2-6H2,1H3,(H,14,19)(H,17,18)/t8-,9?,11+/m1/s1. The van der Waals surface area contributed by atoms with E-state index in [4.69, 9.17) is 4.74 Å². The minimum absolute atomic E-state index is 0.305. The number of unbranched alkanes of at least 4 members (excludes halogenated alkanes) is 1. The van der Waals surface area contributed by atoms with E-state index in [1.54, 1.807) is 0 Å². The molecule has 0 spiro atoms. The van der Waals surface area contributed by atoms with Gasteiger partial charge in [0.05, 0.1) is 6.61 Å². The normalized spacial score (nSPS) is 27.7. The SMILES string of the molecule is C=C1CS[C@H]2[C@H](NC(=O)OCCCC)C(=O)N2C1C(=O)O. The number of hydrogen-bond acceptors (Lipinski definition) is 5. The lowest BCUT2D eigenvalue weighted by molar-refractivity contribution is -0.159. The van der Waals surface area contributed by atoms with Crippen LogP contribution in [0.5, 0.6) is 0 Å². The Morgan fingerprint density at radius 3 is 2.90 bits per heavy atom. The quantitative estimate of drug-likeness (QED) is 0.443. The van der Waals surface area contributed by atoms with Gasteiger partial charge >= 0.3 is 12.1 Å². The molecule has 8 heteroatoms. The molecule has 0 bridgehead atoms. The number of carbonyl (C=O) groups is 3. The predicted octanol–water partition coefficient (Wildman–Crippen LogP) is 0.806. The van der Waals surface area contributed by atoms with Crippen LogP contribution in [0.2, 0.25) is 0 Å². The summed E-state index contributed by atoms with van der Waals surface area (Å²) in [5.74, 6) is -1.05. The summed E-state index contributed by atoms with van der Waals surface area (Å²) < 4.78 is 4.95. The third kappa shape index (κ3) is 2.99. The Labute approximate surface area is 126 Å². The molecule has 0 radical (unpaired) electrons. The molecule has 7 nitrogen and oxygen atoms in total. The molecule has 3 atom stereocenters. The lowest BCUT2D eigenvalue weighted by Gasteiger charge is -2.52. The number of aliphatic carboxylic acids is 1. The minimum Gasteiger partial charge on any atom is -0.479 e. The first-order valence-electron chi connectivity index (χ1n) is 6.75. The number of nitrogens with zero attached hydrogens (tertiary/aromatic N) is 1. The highest BCUT2D eigenvalue weighted by molar-refractivity contribution is 8.00. The molecule has 0 aromatic rings. The summed E-state index contributed by atoms with van der Waals surface area (Å²) in [7, 11) is 0. The first kappa shape index (κ1) is 15.7. The number of amides is 2. The van der Waals surface area contributed by atoms with Gasteiger partial charge in [0.2, 0.25) is 5.91 Å². The molecule has 2 rings (SSSR count). The van der Waals surface area contributed by atoms with Gasteiger partial charge < -0.3 is 20.1 Å². The molecule has 2 aliphatic rings. The lowest BCUT2D eigenvalue weighted by Crippen LogP contribution is -2.74. The zero-order valence-electron chi connectivity index (χ0n) is 11.7. The van der Waals surface area contributed by atoms with E-state index in [1.807, 2.05) is 6.92 Å². The highest BCUT2D eigenvalue weighted by Gasteiger charge is 2.56. The number of hydrogen-bond donors (Lipinski definition) is 2. The molecular formula is C13H18N2O5S. The predicted molar refractivity (Wildman–Crippen MR) is 76.8 cm³/mol. The van der Waals surface area contributed by atoms with E-state index in [-0.39, 0.29) is 5.37 Å². The van der Waals surface area contributed by atoms with Crippen LogP contribution in [-0.2, 0) is 14.3 Å². The molecule has 2 aliphatic heterocycles. The van der Waals surface area contributed by atoms with Gasteiger partial charge in [-0.05, 0) is 12.0 Å². The summed E-state index contributed by atoms with van der Waals surface area (Å²) in [4.78, 5) is 36.1. The Morgan fingerprint density at radius 2 is 2.29 bits per heavy atom. The van der Waals surface area contributed by atoms with Crippen molar-refractivity contribution >= 4 is 29.7 Å². The second kappa shape index (κ2) is 6.38. The molecule has 0 saturated carbocycles. The van der Waals surface area contributed by atoms with E-state index < -0.39 is 30.1 Å². The second-order valence-electron chi connectivity index (χ2n) is 4.96. The molecule has 2 N–H and O–H groups in total. The van der Waals surface area contributed by atoms with Crippen molar-refractivity contribution in [1.82, 2.24) is 10.2 Å². The highest BCUT2D eigenvalue weighted by atomic mass is 32.2. The average Bonchev–Trinajstić information content (AvgIpc) is 2.44. The van der Waals surface area contributed by atoms with Crippen LogP contribution in [0.15, 0.2) is 12.2 Å². The van der Waals surface area contributed by atoms with Crippen molar-refractivity contribution in [3.05, 3.63) is 12.2 Å². The van der Waals surface area contributed by atoms with Crippen LogP contribution in [0.3, 0.4) is 0 Å². The maximum Gasteiger partial charge on any atom is 0.407 e. The van der Waals surface area contributed by atoms with Crippen molar-refractivity contribution in [2.45, 2.75) is 37.2 Å². The van der Waals surface area contributed by atoms with Crippen molar-refractivity contribution in [3.63, 3.8) is 0 Å². The van der Waals surface area contributed by atoms with Crippen LogP contribution in [0, 0.1) is 0 Å². The fourth-order valence-corrected chi connectivity index (χ4v) is 3.62. The van der Waals surface area contributed by atoms with Gasteiger partial charge in [0.25, 0.3) is 0 Å². The first-order valence-corrected chi connectivity index (χ1v) is 7.79. The largest absolute Gasteiger partial charge is 0.479 e. The number of β-lactam (4-membered cyclic amide) rings is 1. The van der Waals surface area contributed by atoms with Crippen molar-refractivity contribution in [2.24, 2.45) is 0 Å². The van der Waals surface area contributed by atoms with Crippen LogP contribution in [0.25, 0.3) is 0 Å². The average molecular weight is 314 g/mol. The molecule has 0 aliphatic carbocycles. The molecule has 2 saturated heterocycles. The van der Waals surface area contributed by atoms with E-state index in [0.29, 0.717) is 17.9 Å². The molecule has 21 heavy (non-hydrogen) atoms. The number of alkyl carbamates (subject to hydrolysis) is 1. The van der Waals surface area contributed by atoms with E-state index in [9.17, 15) is 19.5 Å². The summed E-state index contributed by atoms with van der Waals surface area (Å²) in [5, 5.41) is 11.3. The van der Waals surface area contributed by atoms with E-state index in [0.717, 1.165) is 12.8 Å². The monoisotopic (exact) mass is 314 g/mol. The van der Waals surface area contributed by atoms with Gasteiger partial charge in [0.15, 0.2) is 6.04 Å².